The molecule has 1 atom stereocenters. The van der Waals surface area contributed by atoms with Gasteiger partial charge in [-0.2, -0.15) is 9.90 Å². The predicted molar refractivity (Wildman–Crippen MR) is 13.3 cm³/mol. The molecule has 4 nitrogen and oxygen atoms in total. The van der Waals surface area contributed by atoms with Gasteiger partial charge in [-0.3, -0.25) is 10.3 Å². The second-order valence-electron chi connectivity index (χ2n) is 0.396. The first-order valence-electron chi connectivity index (χ1n) is 0.632. The summed E-state index contributed by atoms with van der Waals surface area (Å²) in [6.07, 6.45) is 0. The largest absolute Gasteiger partial charge is 0.368 e. The van der Waals surface area contributed by atoms with E-state index in [0.29, 0.717) is 0 Å². The third kappa shape index (κ3) is 80.0. The van der Waals surface area contributed by atoms with Gasteiger partial charge in [0.25, 0.3) is 0 Å². The monoisotopic (exact) mass is 226 g/mol. The van der Waals surface area contributed by atoms with Crippen molar-refractivity contribution in [2.45, 2.75) is 0 Å². The molecule has 6 heteroatoms. The van der Waals surface area contributed by atoms with Crippen LogP contribution < -0.4 is 30.4 Å². The summed E-state index contributed by atoms with van der Waals surface area (Å²) in [6, 6.07) is 0. The molecule has 6 heavy (non-hydrogen) atoms. The zero-order valence-electron chi connectivity index (χ0n) is 2.76. The highest BCUT2D eigenvalue weighted by Gasteiger charge is 2.11. The lowest BCUT2D eigenvalue weighted by Crippen LogP contribution is -4.23. The molecule has 0 aromatic heterocycles. The minimum Gasteiger partial charge on any atom is -0.256 e. The minimum absolute atomic E-state index is 0. The molecule has 0 radical (unpaired) electrons. The van der Waals surface area contributed by atoms with Gasteiger partial charge in [-0.05, 0) is 0 Å². The highest BCUT2D eigenvalue weighted by Crippen LogP contribution is 0.861. The zero-order valence-corrected chi connectivity index (χ0v) is 6.33. The van der Waals surface area contributed by atoms with E-state index in [4.69, 9.17) is 13.7 Å². The van der Waals surface area contributed by atoms with Crippen LogP contribution in [0.5, 0.6) is 0 Å². The molecule has 0 saturated carbocycles. The molecule has 0 aliphatic heterocycles. The van der Waals surface area contributed by atoms with Gasteiger partial charge in [0.1, 0.15) is 0 Å². The van der Waals surface area contributed by atoms with E-state index < -0.39 is 20.1 Å². The van der Waals surface area contributed by atoms with Crippen LogP contribution in [0, 0.1) is 0 Å². The van der Waals surface area contributed by atoms with Gasteiger partial charge < -0.3 is 0 Å². The Balaban J connectivity index is 0. The summed E-state index contributed by atoms with van der Waals surface area (Å²) in [5, 5.41) is 0. The summed E-state index contributed by atoms with van der Waals surface area (Å²) in [6.45, 7) is 0. The van der Waals surface area contributed by atoms with E-state index in [0.717, 1.165) is 0 Å². The summed E-state index contributed by atoms with van der Waals surface area (Å²) in [5.41, 5.74) is 0. The Kier molecular flexibility index (Phi) is 5.14. The Hall–Kier alpha value is 1.00. The van der Waals surface area contributed by atoms with E-state index in [2.05, 4.69) is 0 Å². The van der Waals surface area contributed by atoms with Crippen LogP contribution in [0.4, 0.5) is 0 Å². The summed E-state index contributed by atoms with van der Waals surface area (Å²) in [7, 11) is 0. The van der Waals surface area contributed by atoms with E-state index in [-0.39, 0.29) is 9.90 Å². The third-order valence-corrected chi connectivity index (χ3v) is 0. The molecule has 0 aromatic rings. The van der Waals surface area contributed by atoms with Gasteiger partial charge in [0.05, 0.1) is 0 Å². The lowest BCUT2D eigenvalue weighted by molar-refractivity contribution is -1.92. The van der Waals surface area contributed by atoms with Crippen molar-refractivity contribution in [2.24, 2.45) is 0 Å². The van der Waals surface area contributed by atoms with Crippen molar-refractivity contribution in [3.05, 3.63) is 0 Å². The van der Waals surface area contributed by atoms with Gasteiger partial charge in [-0.15, -0.1) is 0 Å². The van der Waals surface area contributed by atoms with Crippen LogP contribution in [0.3, 0.4) is 0 Å². The number of hydrogen-bond donors (Lipinski definition) is 1. The van der Waals surface area contributed by atoms with Crippen molar-refractivity contribution < 1.29 is 33.8 Å². The molecule has 0 rings (SSSR count). The standard InChI is InChI=1S/HIO4.H3P/c2-1(3,4)5;/h2H;1H3. The zero-order chi connectivity index (χ0) is 4.50. The Morgan fingerprint density at radius 1 is 1.17 bits per heavy atom. The van der Waals surface area contributed by atoms with Crippen molar-refractivity contribution in [1.29, 1.82) is 0 Å². The smallest absolute Gasteiger partial charge is 0.256 e. The molecule has 0 aromatic carbocycles. The van der Waals surface area contributed by atoms with Crippen molar-refractivity contribution in [3.63, 3.8) is 0 Å². The van der Waals surface area contributed by atoms with E-state index in [1.807, 2.05) is 0 Å². The van der Waals surface area contributed by atoms with Gasteiger partial charge in [0, 0.05) is 3.44 Å². The first-order chi connectivity index (χ1) is 2.00. The summed E-state index contributed by atoms with van der Waals surface area (Å²) >= 11 is -5.69. The maximum Gasteiger partial charge on any atom is 0.368 e. The summed E-state index contributed by atoms with van der Waals surface area (Å²) < 4.78 is 33.2. The Bertz CT molecular complexity index is 23.0. The summed E-state index contributed by atoms with van der Waals surface area (Å²) in [5.74, 6) is 0. The molecule has 0 fully saturated rings. The molecule has 1 unspecified atom stereocenters. The molecule has 0 amide bonds. The second kappa shape index (κ2) is 3.06. The van der Waals surface area contributed by atoms with Crippen molar-refractivity contribution >= 4 is 9.90 Å². The molecular weight excluding hydrogens is 222 g/mol. The van der Waals surface area contributed by atoms with Crippen LogP contribution in [0.25, 0.3) is 0 Å². The fourth-order valence-corrected chi connectivity index (χ4v) is 0. The Morgan fingerprint density at radius 2 is 1.17 bits per heavy atom. The topological polar surface area (TPSA) is 89.4 Å². The fraction of sp³-hybridized carbons (Fsp3) is 0. The predicted octanol–water partition coefficient (Wildman–Crippen LogP) is -7.06. The van der Waals surface area contributed by atoms with Gasteiger partial charge >= 0.3 is 20.1 Å². The third-order valence-electron chi connectivity index (χ3n) is 0. The average molecular weight is 226 g/mol. The highest BCUT2D eigenvalue weighted by molar-refractivity contribution is 6.92. The van der Waals surface area contributed by atoms with Crippen LogP contribution in [0.15, 0.2) is 0 Å². The van der Waals surface area contributed by atoms with Crippen LogP contribution in [0.2, 0.25) is 0 Å². The molecular formula is H4IO4P. The van der Waals surface area contributed by atoms with Crippen LogP contribution in [-0.4, -0.2) is 3.44 Å². The Labute approximate surface area is 44.1 Å². The first-order valence-corrected chi connectivity index (χ1v) is 4.24. The maximum absolute atomic E-state index is 8.73. The molecule has 0 aliphatic carbocycles. The molecule has 40 valence electrons. The second-order valence-corrected chi connectivity index (χ2v) is 2.66. The fourth-order valence-electron chi connectivity index (χ4n) is 0. The quantitative estimate of drug-likeness (QED) is 0.328. The lowest BCUT2D eigenvalue weighted by atomic mass is 16.0. The summed E-state index contributed by atoms with van der Waals surface area (Å²) in [4.78, 5) is 0. The van der Waals surface area contributed by atoms with Gasteiger partial charge in [0.2, 0.25) is 0 Å². The van der Waals surface area contributed by atoms with E-state index in [1.54, 1.807) is 0 Å². The highest BCUT2D eigenvalue weighted by atomic mass is 127. The molecule has 0 aliphatic rings. The molecule has 0 spiro atoms. The van der Waals surface area contributed by atoms with Crippen molar-refractivity contribution in [2.75, 3.05) is 0 Å². The first kappa shape index (κ1) is 10.1. The number of rotatable bonds is 0. The Morgan fingerprint density at radius 3 is 1.17 bits per heavy atom. The van der Waals surface area contributed by atoms with E-state index >= 15 is 0 Å². The van der Waals surface area contributed by atoms with E-state index in [1.165, 1.54) is 0 Å². The maximum atomic E-state index is 8.73. The molecule has 0 saturated heterocycles. The average Bonchev–Trinajstić information content (AvgIpc) is 0.722. The van der Waals surface area contributed by atoms with Crippen molar-refractivity contribution in [1.82, 2.24) is 0 Å². The van der Waals surface area contributed by atoms with Crippen LogP contribution >= 0.6 is 9.90 Å². The number of hydrogen-bond acceptors (Lipinski definition) is 4. The van der Waals surface area contributed by atoms with Gasteiger partial charge in [0.15, 0.2) is 0 Å². The normalized spacial score (nSPS) is 10.0. The SMILES string of the molecule is P.[O-][I+3]([O-])([O-])O. The molecule has 1 N–H and O–H groups in total. The van der Waals surface area contributed by atoms with Gasteiger partial charge in [-0.1, -0.05) is 0 Å². The van der Waals surface area contributed by atoms with E-state index in [9.17, 15) is 0 Å². The van der Waals surface area contributed by atoms with Gasteiger partial charge in [-0.25, -0.2) is 0 Å². The minimum atomic E-state index is -5.69. The molecule has 0 heterocycles. The van der Waals surface area contributed by atoms with Crippen LogP contribution in [0.1, 0.15) is 0 Å². The molecule has 0 bridgehead atoms. The van der Waals surface area contributed by atoms with Crippen molar-refractivity contribution in [3.8, 4) is 0 Å². The van der Waals surface area contributed by atoms with Crippen LogP contribution in [-0.2, 0) is 0 Å². The number of halogens is 1. The lowest BCUT2D eigenvalue weighted by Gasteiger charge is -1.93.